The van der Waals surface area contributed by atoms with Crippen LogP contribution in [0.4, 0.5) is 5.69 Å². The van der Waals surface area contributed by atoms with Crippen molar-refractivity contribution in [3.05, 3.63) is 63.9 Å². The fourth-order valence-electron chi connectivity index (χ4n) is 3.15. The van der Waals surface area contributed by atoms with Crippen molar-refractivity contribution in [1.82, 2.24) is 4.98 Å². The van der Waals surface area contributed by atoms with Crippen molar-refractivity contribution in [3.8, 4) is 11.5 Å². The maximum Gasteiger partial charge on any atom is 0.259 e. The van der Waals surface area contributed by atoms with Crippen LogP contribution in [0.3, 0.4) is 0 Å². The first-order valence-corrected chi connectivity index (χ1v) is 8.75. The molecule has 3 aromatic rings. The Bertz CT molecular complexity index is 1040. The molecule has 140 valence electrons. The van der Waals surface area contributed by atoms with Gasteiger partial charge in [-0.15, -0.1) is 0 Å². The van der Waals surface area contributed by atoms with Crippen molar-refractivity contribution in [2.75, 3.05) is 19.5 Å². The molecule has 0 atom stereocenters. The van der Waals surface area contributed by atoms with Gasteiger partial charge in [0.25, 0.3) is 5.91 Å². The standard InChI is InChI=1S/C21H22N2O4/c1-4-6-13-11-19(24)23-17-12-14(9-10-15(13)17)22-21(25)16-7-5-8-18(26-2)20(16)27-3/h5,7-12H,4,6H2,1-3H3,(H,22,25)(H,23,24). The summed E-state index contributed by atoms with van der Waals surface area (Å²) in [6, 6.07) is 12.3. The summed E-state index contributed by atoms with van der Waals surface area (Å²) in [5, 5.41) is 3.83. The highest BCUT2D eigenvalue weighted by molar-refractivity contribution is 6.07. The number of anilines is 1. The van der Waals surface area contributed by atoms with E-state index < -0.39 is 0 Å². The maximum absolute atomic E-state index is 12.7. The zero-order valence-electron chi connectivity index (χ0n) is 15.6. The van der Waals surface area contributed by atoms with Gasteiger partial charge in [0.05, 0.1) is 25.3 Å². The molecular formula is C21H22N2O4. The summed E-state index contributed by atoms with van der Waals surface area (Å²) in [7, 11) is 3.01. The highest BCUT2D eigenvalue weighted by Gasteiger charge is 2.16. The second-order valence-electron chi connectivity index (χ2n) is 6.16. The molecule has 3 rings (SSSR count). The van der Waals surface area contributed by atoms with Crippen LogP contribution in [-0.2, 0) is 6.42 Å². The quantitative estimate of drug-likeness (QED) is 0.696. The summed E-state index contributed by atoms with van der Waals surface area (Å²) in [5.74, 6) is 0.534. The minimum Gasteiger partial charge on any atom is -0.493 e. The Labute approximate surface area is 157 Å². The van der Waals surface area contributed by atoms with E-state index in [4.69, 9.17) is 9.47 Å². The number of nitrogens with one attached hydrogen (secondary N) is 2. The van der Waals surface area contributed by atoms with Gasteiger partial charge in [-0.1, -0.05) is 25.5 Å². The largest absolute Gasteiger partial charge is 0.493 e. The van der Waals surface area contributed by atoms with Gasteiger partial charge >= 0.3 is 0 Å². The van der Waals surface area contributed by atoms with E-state index in [-0.39, 0.29) is 11.5 Å². The smallest absolute Gasteiger partial charge is 0.259 e. The van der Waals surface area contributed by atoms with E-state index in [1.807, 2.05) is 12.1 Å². The third kappa shape index (κ3) is 3.79. The molecule has 6 nitrogen and oxygen atoms in total. The summed E-state index contributed by atoms with van der Waals surface area (Å²) in [6.45, 7) is 2.07. The minimum absolute atomic E-state index is 0.149. The van der Waals surface area contributed by atoms with Gasteiger partial charge in [0.2, 0.25) is 5.56 Å². The summed E-state index contributed by atoms with van der Waals surface area (Å²) in [4.78, 5) is 27.5. The number of methoxy groups -OCH3 is 2. The molecule has 0 saturated heterocycles. The molecule has 0 aliphatic heterocycles. The molecule has 0 fully saturated rings. The summed E-state index contributed by atoms with van der Waals surface area (Å²) < 4.78 is 10.6. The Morgan fingerprint density at radius 2 is 1.93 bits per heavy atom. The molecule has 1 amide bonds. The van der Waals surface area contributed by atoms with Crippen molar-refractivity contribution in [2.45, 2.75) is 19.8 Å². The first-order valence-electron chi connectivity index (χ1n) is 8.75. The topological polar surface area (TPSA) is 80.4 Å². The third-order valence-electron chi connectivity index (χ3n) is 4.35. The number of pyridine rings is 1. The van der Waals surface area contributed by atoms with E-state index in [0.717, 1.165) is 23.8 Å². The number of benzene rings is 2. The normalized spacial score (nSPS) is 10.6. The predicted octanol–water partition coefficient (Wildman–Crippen LogP) is 3.75. The average molecular weight is 366 g/mol. The van der Waals surface area contributed by atoms with Crippen LogP contribution >= 0.6 is 0 Å². The highest BCUT2D eigenvalue weighted by atomic mass is 16.5. The van der Waals surface area contributed by atoms with Crippen molar-refractivity contribution >= 4 is 22.5 Å². The predicted molar refractivity (Wildman–Crippen MR) is 106 cm³/mol. The Kier molecular flexibility index (Phi) is 5.45. The Balaban J connectivity index is 1.95. The number of amides is 1. The number of fused-ring (bicyclic) bond motifs is 1. The van der Waals surface area contributed by atoms with Crippen molar-refractivity contribution in [2.24, 2.45) is 0 Å². The van der Waals surface area contributed by atoms with Gasteiger partial charge < -0.3 is 19.8 Å². The van der Waals surface area contributed by atoms with Gasteiger partial charge in [-0.25, -0.2) is 0 Å². The second-order valence-corrected chi connectivity index (χ2v) is 6.16. The van der Waals surface area contributed by atoms with Gasteiger partial charge in [0.15, 0.2) is 11.5 Å². The van der Waals surface area contributed by atoms with E-state index in [9.17, 15) is 9.59 Å². The number of para-hydroxylation sites is 1. The van der Waals surface area contributed by atoms with Gasteiger partial charge in [-0.3, -0.25) is 9.59 Å². The van der Waals surface area contributed by atoms with Crippen LogP contribution in [0.2, 0.25) is 0 Å². The molecule has 0 aliphatic rings. The highest BCUT2D eigenvalue weighted by Crippen LogP contribution is 2.31. The lowest BCUT2D eigenvalue weighted by molar-refractivity contribution is 0.102. The molecule has 0 saturated carbocycles. The molecule has 0 bridgehead atoms. The van der Waals surface area contributed by atoms with E-state index in [1.165, 1.54) is 14.2 Å². The monoisotopic (exact) mass is 366 g/mol. The summed E-state index contributed by atoms with van der Waals surface area (Å²) in [5.41, 5.74) is 2.50. The summed E-state index contributed by atoms with van der Waals surface area (Å²) in [6.07, 6.45) is 1.78. The van der Waals surface area contributed by atoms with Crippen LogP contribution in [0.15, 0.2) is 47.3 Å². The van der Waals surface area contributed by atoms with Crippen LogP contribution < -0.4 is 20.3 Å². The number of hydrogen-bond acceptors (Lipinski definition) is 4. The van der Waals surface area contributed by atoms with Gasteiger partial charge in [-0.05, 0) is 36.2 Å². The van der Waals surface area contributed by atoms with E-state index >= 15 is 0 Å². The fourth-order valence-corrected chi connectivity index (χ4v) is 3.15. The second kappa shape index (κ2) is 7.95. The number of ether oxygens (including phenoxy) is 2. The Morgan fingerprint density at radius 3 is 2.63 bits per heavy atom. The zero-order chi connectivity index (χ0) is 19.4. The molecule has 1 heterocycles. The molecule has 2 N–H and O–H groups in total. The van der Waals surface area contributed by atoms with Crippen LogP contribution in [-0.4, -0.2) is 25.1 Å². The fraction of sp³-hybridized carbons (Fsp3) is 0.238. The van der Waals surface area contributed by atoms with Crippen molar-refractivity contribution in [1.29, 1.82) is 0 Å². The lowest BCUT2D eigenvalue weighted by Gasteiger charge is -2.13. The molecule has 2 aromatic carbocycles. The van der Waals surface area contributed by atoms with Crippen LogP contribution in [0.1, 0.15) is 29.3 Å². The van der Waals surface area contributed by atoms with Gasteiger partial charge in [0, 0.05) is 17.1 Å². The van der Waals surface area contributed by atoms with Crippen molar-refractivity contribution < 1.29 is 14.3 Å². The van der Waals surface area contributed by atoms with Crippen molar-refractivity contribution in [3.63, 3.8) is 0 Å². The Hall–Kier alpha value is -3.28. The van der Waals surface area contributed by atoms with E-state index in [0.29, 0.717) is 28.3 Å². The number of rotatable bonds is 6. The molecule has 27 heavy (non-hydrogen) atoms. The maximum atomic E-state index is 12.7. The van der Waals surface area contributed by atoms with E-state index in [1.54, 1.807) is 30.3 Å². The first-order chi connectivity index (χ1) is 13.1. The number of aromatic amines is 1. The SMILES string of the molecule is CCCc1cc(=O)[nH]c2cc(NC(=O)c3cccc(OC)c3OC)ccc12. The van der Waals surface area contributed by atoms with Crippen LogP contribution in [0.5, 0.6) is 11.5 Å². The number of hydrogen-bond donors (Lipinski definition) is 2. The molecule has 0 radical (unpaired) electrons. The van der Waals surface area contributed by atoms with Crippen LogP contribution in [0, 0.1) is 0 Å². The first kappa shape index (κ1) is 18.5. The minimum atomic E-state index is -0.322. The van der Waals surface area contributed by atoms with Gasteiger partial charge in [-0.2, -0.15) is 0 Å². The molecule has 6 heteroatoms. The molecule has 0 aliphatic carbocycles. The lowest BCUT2D eigenvalue weighted by Crippen LogP contribution is -2.14. The number of aromatic nitrogens is 1. The third-order valence-corrected chi connectivity index (χ3v) is 4.35. The molecular weight excluding hydrogens is 344 g/mol. The number of carbonyl (C=O) groups excluding carboxylic acids is 1. The van der Waals surface area contributed by atoms with E-state index in [2.05, 4.69) is 17.2 Å². The molecule has 0 spiro atoms. The average Bonchev–Trinajstić information content (AvgIpc) is 2.67. The molecule has 1 aromatic heterocycles. The number of H-pyrrole nitrogens is 1. The number of aryl methyl sites for hydroxylation is 1. The molecule has 0 unspecified atom stereocenters. The van der Waals surface area contributed by atoms with Crippen LogP contribution in [0.25, 0.3) is 10.9 Å². The Morgan fingerprint density at radius 1 is 1.11 bits per heavy atom. The number of carbonyl (C=O) groups is 1. The lowest BCUT2D eigenvalue weighted by atomic mass is 10.0. The van der Waals surface area contributed by atoms with Gasteiger partial charge in [0.1, 0.15) is 0 Å². The summed E-state index contributed by atoms with van der Waals surface area (Å²) >= 11 is 0. The zero-order valence-corrected chi connectivity index (χ0v) is 15.6.